The fourth-order valence-corrected chi connectivity index (χ4v) is 1.97. The van der Waals surface area contributed by atoms with Crippen molar-refractivity contribution in [3.8, 4) is 0 Å². The van der Waals surface area contributed by atoms with E-state index < -0.39 is 6.04 Å². The Morgan fingerprint density at radius 1 is 1.30 bits per heavy atom. The highest BCUT2D eigenvalue weighted by Gasteiger charge is 2.19. The van der Waals surface area contributed by atoms with Gasteiger partial charge in [0.15, 0.2) is 5.96 Å². The van der Waals surface area contributed by atoms with Crippen LogP contribution in [0.3, 0.4) is 0 Å². The minimum Gasteiger partial charge on any atom is -0.460 e. The summed E-state index contributed by atoms with van der Waals surface area (Å²) >= 11 is 0. The van der Waals surface area contributed by atoms with E-state index in [1.165, 1.54) is 0 Å². The lowest BCUT2D eigenvalue weighted by molar-refractivity contribution is -0.147. The van der Waals surface area contributed by atoms with E-state index >= 15 is 0 Å². The number of benzene rings is 1. The monoisotopic (exact) mass is 322 g/mol. The molecule has 23 heavy (non-hydrogen) atoms. The number of nitrogens with one attached hydrogen (secondary N) is 1. The molecule has 0 saturated heterocycles. The van der Waals surface area contributed by atoms with E-state index in [4.69, 9.17) is 20.9 Å². The molecule has 0 radical (unpaired) electrons. The molecular weight excluding hydrogens is 296 g/mol. The van der Waals surface area contributed by atoms with Gasteiger partial charge < -0.3 is 26.3 Å². The van der Waals surface area contributed by atoms with Crippen LogP contribution in [0.5, 0.6) is 0 Å². The Hall–Kier alpha value is -2.12. The highest BCUT2D eigenvalue weighted by atomic mass is 16.5. The Morgan fingerprint density at radius 3 is 2.70 bits per heavy atom. The van der Waals surface area contributed by atoms with Crippen molar-refractivity contribution in [3.63, 3.8) is 0 Å². The Balaban J connectivity index is 2.44. The van der Waals surface area contributed by atoms with Crippen molar-refractivity contribution in [1.29, 1.82) is 0 Å². The topological polar surface area (TPSA) is 112 Å². The van der Waals surface area contributed by atoms with Crippen LogP contribution >= 0.6 is 0 Å². The lowest BCUT2D eigenvalue weighted by Crippen LogP contribution is -2.39. The van der Waals surface area contributed by atoms with Gasteiger partial charge in [0, 0.05) is 20.2 Å². The van der Waals surface area contributed by atoms with Gasteiger partial charge in [0.1, 0.15) is 12.6 Å². The van der Waals surface area contributed by atoms with Crippen molar-refractivity contribution in [2.45, 2.75) is 25.5 Å². The average molecular weight is 322 g/mol. The zero-order chi connectivity index (χ0) is 16.9. The molecule has 0 amide bonds. The first-order valence-electron chi connectivity index (χ1n) is 7.61. The highest BCUT2D eigenvalue weighted by molar-refractivity contribution is 5.76. The minimum atomic E-state index is -0.400. The summed E-state index contributed by atoms with van der Waals surface area (Å²) in [6, 6.07) is 9.17. The number of hydrogen-bond acceptors (Lipinski definition) is 5. The summed E-state index contributed by atoms with van der Waals surface area (Å²) < 4.78 is 10.4. The van der Waals surface area contributed by atoms with Crippen LogP contribution in [0.1, 0.15) is 18.4 Å². The smallest absolute Gasteiger partial charge is 0.323 e. The third-order valence-electron chi connectivity index (χ3n) is 3.15. The maximum atomic E-state index is 12.2. The Morgan fingerprint density at radius 2 is 2.04 bits per heavy atom. The van der Waals surface area contributed by atoms with E-state index in [1.807, 2.05) is 30.3 Å². The van der Waals surface area contributed by atoms with Gasteiger partial charge in [-0.05, 0) is 18.4 Å². The standard InChI is InChI=1S/C16H26N4O3/c1-22-11-10-19-14(8-5-9-20-16(17)18)15(21)23-12-13-6-3-2-4-7-13/h2-4,6-7,14,19H,5,8-12H2,1H3,(H4,17,18,20)/t14-/m0/s1. The predicted octanol–water partition coefficient (Wildman–Crippen LogP) is 0.388. The summed E-state index contributed by atoms with van der Waals surface area (Å²) in [6.45, 7) is 1.84. The fourth-order valence-electron chi connectivity index (χ4n) is 1.97. The number of nitrogens with two attached hydrogens (primary N) is 2. The van der Waals surface area contributed by atoms with Crippen LogP contribution in [0.25, 0.3) is 0 Å². The lowest BCUT2D eigenvalue weighted by Gasteiger charge is -2.17. The van der Waals surface area contributed by atoms with Gasteiger partial charge in [0.05, 0.1) is 6.61 Å². The summed E-state index contributed by atoms with van der Waals surface area (Å²) in [5.41, 5.74) is 11.5. The number of nitrogens with zero attached hydrogens (tertiary/aromatic N) is 1. The Labute approximate surface area is 137 Å². The summed E-state index contributed by atoms with van der Waals surface area (Å²) in [5, 5.41) is 3.13. The molecule has 0 saturated carbocycles. The molecule has 0 aliphatic rings. The second kappa shape index (κ2) is 11.4. The Bertz CT molecular complexity index is 475. The van der Waals surface area contributed by atoms with Crippen molar-refractivity contribution in [2.24, 2.45) is 16.5 Å². The number of methoxy groups -OCH3 is 1. The van der Waals surface area contributed by atoms with Gasteiger partial charge in [0.25, 0.3) is 0 Å². The van der Waals surface area contributed by atoms with E-state index in [-0.39, 0.29) is 18.5 Å². The average Bonchev–Trinajstić information content (AvgIpc) is 2.55. The maximum Gasteiger partial charge on any atom is 0.323 e. The molecular formula is C16H26N4O3. The molecule has 7 heteroatoms. The van der Waals surface area contributed by atoms with Gasteiger partial charge in [-0.2, -0.15) is 0 Å². The second-order valence-corrected chi connectivity index (χ2v) is 5.04. The van der Waals surface area contributed by atoms with Gasteiger partial charge in [-0.1, -0.05) is 30.3 Å². The number of hydrogen-bond donors (Lipinski definition) is 3. The molecule has 5 N–H and O–H groups in total. The van der Waals surface area contributed by atoms with E-state index in [9.17, 15) is 4.79 Å². The SMILES string of the molecule is COCCN[C@@H](CCCN=C(N)N)C(=O)OCc1ccccc1. The summed E-state index contributed by atoms with van der Waals surface area (Å²) in [7, 11) is 1.61. The van der Waals surface area contributed by atoms with E-state index in [0.717, 1.165) is 5.56 Å². The molecule has 0 spiro atoms. The quantitative estimate of drug-likeness (QED) is 0.235. The molecule has 0 heterocycles. The molecule has 0 bridgehead atoms. The van der Waals surface area contributed by atoms with Crippen LogP contribution in [-0.4, -0.2) is 44.8 Å². The zero-order valence-electron chi connectivity index (χ0n) is 13.5. The third kappa shape index (κ3) is 8.80. The molecule has 0 aliphatic heterocycles. The first-order valence-corrected chi connectivity index (χ1v) is 7.61. The molecule has 128 valence electrons. The van der Waals surface area contributed by atoms with Crippen molar-refractivity contribution in [3.05, 3.63) is 35.9 Å². The highest BCUT2D eigenvalue weighted by Crippen LogP contribution is 2.05. The number of esters is 1. The van der Waals surface area contributed by atoms with Crippen LogP contribution in [0.2, 0.25) is 0 Å². The summed E-state index contributed by atoms with van der Waals surface area (Å²) in [4.78, 5) is 16.1. The fraction of sp³-hybridized carbons (Fsp3) is 0.500. The molecule has 1 rings (SSSR count). The van der Waals surface area contributed by atoms with Crippen molar-refractivity contribution in [1.82, 2.24) is 5.32 Å². The number of rotatable bonds is 11. The van der Waals surface area contributed by atoms with E-state index in [2.05, 4.69) is 10.3 Å². The van der Waals surface area contributed by atoms with Gasteiger partial charge in [-0.3, -0.25) is 9.79 Å². The molecule has 1 atom stereocenters. The van der Waals surface area contributed by atoms with E-state index in [1.54, 1.807) is 7.11 Å². The lowest BCUT2D eigenvalue weighted by atomic mass is 10.1. The summed E-state index contributed by atoms with van der Waals surface area (Å²) in [5.74, 6) is -0.227. The second-order valence-electron chi connectivity index (χ2n) is 5.04. The normalized spacial score (nSPS) is 11.7. The molecule has 0 aromatic heterocycles. The predicted molar refractivity (Wildman–Crippen MR) is 89.8 cm³/mol. The number of carbonyl (C=O) groups is 1. The maximum absolute atomic E-state index is 12.2. The molecule has 7 nitrogen and oxygen atoms in total. The largest absolute Gasteiger partial charge is 0.460 e. The number of aliphatic imine (C=N–C) groups is 1. The Kier molecular flexibility index (Phi) is 9.42. The number of carbonyl (C=O) groups excluding carboxylic acids is 1. The van der Waals surface area contributed by atoms with Crippen LogP contribution in [0.4, 0.5) is 0 Å². The van der Waals surface area contributed by atoms with Gasteiger partial charge in [-0.15, -0.1) is 0 Å². The molecule has 1 aromatic rings. The van der Waals surface area contributed by atoms with Crippen LogP contribution < -0.4 is 16.8 Å². The van der Waals surface area contributed by atoms with Crippen molar-refractivity contribution >= 4 is 11.9 Å². The van der Waals surface area contributed by atoms with Crippen LogP contribution in [0, 0.1) is 0 Å². The third-order valence-corrected chi connectivity index (χ3v) is 3.15. The molecule has 1 aromatic carbocycles. The van der Waals surface area contributed by atoms with Gasteiger partial charge in [0.2, 0.25) is 0 Å². The van der Waals surface area contributed by atoms with Crippen LogP contribution in [0.15, 0.2) is 35.3 Å². The van der Waals surface area contributed by atoms with Gasteiger partial charge in [-0.25, -0.2) is 0 Å². The van der Waals surface area contributed by atoms with E-state index in [0.29, 0.717) is 32.5 Å². The molecule has 0 aliphatic carbocycles. The molecule has 0 unspecified atom stereocenters. The summed E-state index contributed by atoms with van der Waals surface area (Å²) in [6.07, 6.45) is 1.27. The number of ether oxygens (including phenoxy) is 2. The van der Waals surface area contributed by atoms with Gasteiger partial charge >= 0.3 is 5.97 Å². The molecule has 0 fully saturated rings. The van der Waals surface area contributed by atoms with Crippen LogP contribution in [-0.2, 0) is 20.9 Å². The number of guanidine groups is 1. The first-order chi connectivity index (χ1) is 11.1. The minimum absolute atomic E-state index is 0.0561. The zero-order valence-corrected chi connectivity index (χ0v) is 13.5. The van der Waals surface area contributed by atoms with Crippen molar-refractivity contribution in [2.75, 3.05) is 26.8 Å². The first kappa shape index (κ1) is 18.9. The van der Waals surface area contributed by atoms with Crippen molar-refractivity contribution < 1.29 is 14.3 Å².